The minimum Gasteiger partial charge on any atom is -0.326 e. The first-order chi connectivity index (χ1) is 15.1. The van der Waals surface area contributed by atoms with E-state index in [4.69, 9.17) is 23.2 Å². The number of benzene rings is 3. The van der Waals surface area contributed by atoms with Crippen LogP contribution in [0.5, 0.6) is 0 Å². The third-order valence-electron chi connectivity index (χ3n) is 5.17. The van der Waals surface area contributed by atoms with Crippen LogP contribution in [0.2, 0.25) is 10.0 Å². The molecule has 0 spiro atoms. The van der Waals surface area contributed by atoms with Crippen molar-refractivity contribution in [3.63, 3.8) is 0 Å². The highest BCUT2D eigenvalue weighted by molar-refractivity contribution is 6.40. The largest absolute Gasteiger partial charge is 0.326 e. The van der Waals surface area contributed by atoms with Crippen molar-refractivity contribution in [3.8, 4) is 0 Å². The molecule has 0 fully saturated rings. The van der Waals surface area contributed by atoms with E-state index in [9.17, 15) is 4.79 Å². The summed E-state index contributed by atoms with van der Waals surface area (Å²) in [6.45, 7) is 0.632. The number of nitrogens with zero attached hydrogens (tertiary/aromatic N) is 3. The number of halogens is 2. The Labute approximate surface area is 188 Å². The lowest BCUT2D eigenvalue weighted by Crippen LogP contribution is -2.13. The van der Waals surface area contributed by atoms with Crippen LogP contribution in [0.1, 0.15) is 15.9 Å². The van der Waals surface area contributed by atoms with Crippen LogP contribution in [0.25, 0.3) is 21.9 Å². The molecule has 0 saturated heterocycles. The van der Waals surface area contributed by atoms with Gasteiger partial charge in [0.15, 0.2) is 0 Å². The van der Waals surface area contributed by atoms with Crippen LogP contribution in [0.15, 0.2) is 79.3 Å². The summed E-state index contributed by atoms with van der Waals surface area (Å²) in [7, 11) is 0. The van der Waals surface area contributed by atoms with E-state index in [0.29, 0.717) is 27.8 Å². The maximum Gasteiger partial charge on any atom is 0.258 e. The lowest BCUT2D eigenvalue weighted by atomic mass is 10.1. The highest BCUT2D eigenvalue weighted by Gasteiger charge is 2.16. The van der Waals surface area contributed by atoms with Gasteiger partial charge in [0, 0.05) is 18.1 Å². The highest BCUT2D eigenvalue weighted by atomic mass is 35.5. The summed E-state index contributed by atoms with van der Waals surface area (Å²) in [5.41, 5.74) is 4.61. The van der Waals surface area contributed by atoms with E-state index in [-0.39, 0.29) is 11.5 Å². The van der Waals surface area contributed by atoms with Gasteiger partial charge in [0.2, 0.25) is 0 Å². The Balaban J connectivity index is 1.52. The fourth-order valence-corrected chi connectivity index (χ4v) is 4.26. The molecule has 2 aromatic heterocycles. The molecular weight excluding hydrogens is 431 g/mol. The van der Waals surface area contributed by atoms with Gasteiger partial charge in [-0.25, -0.2) is 4.98 Å². The van der Waals surface area contributed by atoms with E-state index < -0.39 is 0 Å². The van der Waals surface area contributed by atoms with Gasteiger partial charge >= 0.3 is 0 Å². The summed E-state index contributed by atoms with van der Waals surface area (Å²) in [5, 5.41) is 4.45. The number of imidazole rings is 1. The van der Waals surface area contributed by atoms with Crippen molar-refractivity contribution in [2.24, 2.45) is 0 Å². The van der Waals surface area contributed by atoms with Gasteiger partial charge < -0.3 is 9.88 Å². The maximum absolute atomic E-state index is 12.9. The number of aromatic nitrogens is 3. The molecule has 0 aliphatic rings. The predicted octanol–water partition coefficient (Wildman–Crippen LogP) is 6.19. The monoisotopic (exact) mass is 446 g/mol. The molecule has 0 aliphatic heterocycles. The maximum atomic E-state index is 12.9. The lowest BCUT2D eigenvalue weighted by Gasteiger charge is -2.13. The molecule has 0 unspecified atom stereocenters. The van der Waals surface area contributed by atoms with Crippen molar-refractivity contribution in [1.29, 1.82) is 0 Å². The van der Waals surface area contributed by atoms with E-state index >= 15 is 0 Å². The lowest BCUT2D eigenvalue weighted by molar-refractivity contribution is 0.102. The van der Waals surface area contributed by atoms with E-state index in [2.05, 4.69) is 19.9 Å². The molecule has 0 aliphatic carbocycles. The summed E-state index contributed by atoms with van der Waals surface area (Å²) < 4.78 is 2.10. The summed E-state index contributed by atoms with van der Waals surface area (Å²) in [5.74, 6) is -0.379. The highest BCUT2D eigenvalue weighted by Crippen LogP contribution is 2.29. The van der Waals surface area contributed by atoms with Crippen molar-refractivity contribution >= 4 is 56.7 Å². The minimum atomic E-state index is -0.379. The van der Waals surface area contributed by atoms with Crippen molar-refractivity contribution < 1.29 is 4.79 Å². The van der Waals surface area contributed by atoms with Gasteiger partial charge in [-0.15, -0.1) is 0 Å². The number of carbonyl (C=O) groups is 1. The number of pyridine rings is 1. The normalized spacial score (nSPS) is 11.2. The summed E-state index contributed by atoms with van der Waals surface area (Å²) >= 11 is 12.4. The summed E-state index contributed by atoms with van der Waals surface area (Å²) in [6, 6.07) is 20.7. The number of nitrogens with one attached hydrogen (secondary N) is 1. The molecular formula is C24H16Cl2N4O. The molecule has 0 atom stereocenters. The standard InChI is InChI=1S/C24H16Cl2N4O/c25-17-6-4-7-18(26)22(17)24(31)29-20-9-3-5-16-15(11-12-27-23(16)20)13-30-14-28-19-8-1-2-10-21(19)30/h1-12,14H,13H2,(H,29,31). The molecule has 31 heavy (non-hydrogen) atoms. The summed E-state index contributed by atoms with van der Waals surface area (Å²) in [6.07, 6.45) is 3.58. The number of fused-ring (bicyclic) bond motifs is 2. The molecule has 1 N–H and O–H groups in total. The Hall–Kier alpha value is -3.41. The van der Waals surface area contributed by atoms with E-state index in [0.717, 1.165) is 22.0 Å². The van der Waals surface area contributed by atoms with Crippen LogP contribution in [-0.4, -0.2) is 20.4 Å². The van der Waals surface area contributed by atoms with E-state index in [1.54, 1.807) is 24.4 Å². The van der Waals surface area contributed by atoms with Crippen LogP contribution in [0, 0.1) is 0 Å². The Morgan fingerprint density at radius 2 is 1.68 bits per heavy atom. The molecule has 7 heteroatoms. The summed E-state index contributed by atoms with van der Waals surface area (Å²) in [4.78, 5) is 21.9. The molecule has 3 aromatic carbocycles. The number of para-hydroxylation sites is 3. The fraction of sp³-hybridized carbons (Fsp3) is 0.0417. The SMILES string of the molecule is O=C(Nc1cccc2c(Cn3cnc4ccccc43)ccnc12)c1c(Cl)cccc1Cl. The topological polar surface area (TPSA) is 59.8 Å². The number of anilines is 1. The molecule has 5 aromatic rings. The Bertz CT molecular complexity index is 1420. The zero-order chi connectivity index (χ0) is 21.4. The average Bonchev–Trinajstić information content (AvgIpc) is 3.17. The molecule has 2 heterocycles. The molecule has 5 rings (SSSR count). The zero-order valence-corrected chi connectivity index (χ0v) is 17.7. The average molecular weight is 447 g/mol. The predicted molar refractivity (Wildman–Crippen MR) is 125 cm³/mol. The Morgan fingerprint density at radius 1 is 0.903 bits per heavy atom. The van der Waals surface area contributed by atoms with Crippen LogP contribution in [0.3, 0.4) is 0 Å². The van der Waals surface area contributed by atoms with Crippen LogP contribution >= 0.6 is 23.2 Å². The van der Waals surface area contributed by atoms with Gasteiger partial charge in [0.1, 0.15) is 0 Å². The van der Waals surface area contributed by atoms with Gasteiger partial charge in [0.25, 0.3) is 5.91 Å². The van der Waals surface area contributed by atoms with Gasteiger partial charge in [-0.1, -0.05) is 53.5 Å². The smallest absolute Gasteiger partial charge is 0.258 e. The second kappa shape index (κ2) is 8.02. The Kier molecular flexibility index (Phi) is 5.06. The first kappa shape index (κ1) is 19.5. The second-order valence-corrected chi connectivity index (χ2v) is 7.90. The van der Waals surface area contributed by atoms with Gasteiger partial charge in [-0.2, -0.15) is 0 Å². The van der Waals surface area contributed by atoms with Gasteiger partial charge in [-0.05, 0) is 42.0 Å². The number of amides is 1. The van der Waals surface area contributed by atoms with Gasteiger partial charge in [0.05, 0.1) is 44.2 Å². The van der Waals surface area contributed by atoms with Crippen LogP contribution in [0.4, 0.5) is 5.69 Å². The number of hydrogen-bond donors (Lipinski definition) is 1. The van der Waals surface area contributed by atoms with Gasteiger partial charge in [-0.3, -0.25) is 9.78 Å². The molecule has 152 valence electrons. The van der Waals surface area contributed by atoms with E-state index in [1.807, 2.05) is 54.9 Å². The third kappa shape index (κ3) is 3.63. The molecule has 1 amide bonds. The van der Waals surface area contributed by atoms with Crippen LogP contribution < -0.4 is 5.32 Å². The molecule has 0 bridgehead atoms. The van der Waals surface area contributed by atoms with Crippen molar-refractivity contribution in [2.75, 3.05) is 5.32 Å². The quantitative estimate of drug-likeness (QED) is 0.357. The second-order valence-electron chi connectivity index (χ2n) is 7.08. The van der Waals surface area contributed by atoms with Crippen LogP contribution in [-0.2, 0) is 6.54 Å². The van der Waals surface area contributed by atoms with Crippen molar-refractivity contribution in [3.05, 3.63) is 100 Å². The zero-order valence-electron chi connectivity index (χ0n) is 16.2. The molecule has 0 radical (unpaired) electrons. The number of carbonyl (C=O) groups excluding carboxylic acids is 1. The first-order valence-electron chi connectivity index (χ1n) is 9.63. The van der Waals surface area contributed by atoms with Crippen molar-refractivity contribution in [1.82, 2.24) is 14.5 Å². The first-order valence-corrected chi connectivity index (χ1v) is 10.4. The third-order valence-corrected chi connectivity index (χ3v) is 5.80. The minimum absolute atomic E-state index is 0.240. The van der Waals surface area contributed by atoms with Crippen molar-refractivity contribution in [2.45, 2.75) is 6.54 Å². The molecule has 5 nitrogen and oxygen atoms in total. The van der Waals surface area contributed by atoms with E-state index in [1.165, 1.54) is 0 Å². The number of hydrogen-bond acceptors (Lipinski definition) is 3. The fourth-order valence-electron chi connectivity index (χ4n) is 3.69. The molecule has 0 saturated carbocycles. The Morgan fingerprint density at radius 3 is 2.52 bits per heavy atom. The number of rotatable bonds is 4.